The van der Waals surface area contributed by atoms with E-state index >= 15 is 0 Å². The minimum atomic E-state index is -0.0255. The van der Waals surface area contributed by atoms with E-state index < -0.39 is 0 Å². The normalized spacial score (nSPS) is 18.9. The number of benzene rings is 1. The summed E-state index contributed by atoms with van der Waals surface area (Å²) in [5, 5.41) is 20.6. The maximum absolute atomic E-state index is 9.35. The van der Waals surface area contributed by atoms with Crippen LogP contribution in [-0.2, 0) is 11.3 Å². The Morgan fingerprint density at radius 3 is 2.72 bits per heavy atom. The quantitative estimate of drug-likeness (QED) is 0.283. The van der Waals surface area contributed by atoms with E-state index in [1.54, 1.807) is 14.2 Å². The smallest absolute Gasteiger partial charge is 0.191 e. The van der Waals surface area contributed by atoms with E-state index in [0.29, 0.717) is 25.7 Å². The number of aliphatic hydroxyl groups excluding tert-OH is 1. The molecule has 0 amide bonds. The second-order valence-electron chi connectivity index (χ2n) is 7.01. The molecule has 1 unspecified atom stereocenters. The van der Waals surface area contributed by atoms with Crippen LogP contribution in [0.2, 0.25) is 0 Å². The summed E-state index contributed by atoms with van der Waals surface area (Å²) in [5.74, 6) is 1.53. The van der Waals surface area contributed by atoms with Gasteiger partial charge in [-0.1, -0.05) is 0 Å². The van der Waals surface area contributed by atoms with Crippen molar-refractivity contribution < 1.29 is 14.6 Å². The number of nitrogens with zero attached hydrogens (tertiary/aromatic N) is 3. The van der Waals surface area contributed by atoms with Crippen molar-refractivity contribution in [1.82, 2.24) is 20.4 Å². The van der Waals surface area contributed by atoms with Gasteiger partial charge >= 0.3 is 0 Å². The molecule has 1 aromatic carbocycles. The average Bonchev–Trinajstić information content (AvgIpc) is 3.39. The van der Waals surface area contributed by atoms with E-state index in [1.807, 2.05) is 41.2 Å². The van der Waals surface area contributed by atoms with Gasteiger partial charge in [-0.25, -0.2) is 4.68 Å². The van der Waals surface area contributed by atoms with Crippen LogP contribution in [0.5, 0.6) is 5.75 Å². The van der Waals surface area contributed by atoms with E-state index in [2.05, 4.69) is 20.7 Å². The Kier molecular flexibility index (Phi) is 9.18. The molecule has 0 radical (unpaired) electrons. The summed E-state index contributed by atoms with van der Waals surface area (Å²) >= 11 is 0. The highest BCUT2D eigenvalue weighted by Gasteiger charge is 2.34. The topological polar surface area (TPSA) is 92.9 Å². The molecule has 9 heteroatoms. The summed E-state index contributed by atoms with van der Waals surface area (Å²) in [6.07, 6.45) is 3.61. The fourth-order valence-corrected chi connectivity index (χ4v) is 3.31. The average molecular weight is 515 g/mol. The van der Waals surface area contributed by atoms with Crippen molar-refractivity contribution in [3.05, 3.63) is 42.2 Å². The van der Waals surface area contributed by atoms with Crippen LogP contribution in [0.1, 0.15) is 18.5 Å². The number of ether oxygens (including phenoxy) is 2. The van der Waals surface area contributed by atoms with Gasteiger partial charge in [0.05, 0.1) is 31.6 Å². The number of guanidine groups is 1. The highest BCUT2D eigenvalue weighted by molar-refractivity contribution is 14.0. The molecule has 160 valence electrons. The van der Waals surface area contributed by atoms with Crippen LogP contribution in [0.15, 0.2) is 41.5 Å². The summed E-state index contributed by atoms with van der Waals surface area (Å²) in [6.45, 7) is 2.86. The summed E-state index contributed by atoms with van der Waals surface area (Å²) in [7, 11) is 3.40. The second-order valence-corrected chi connectivity index (χ2v) is 7.01. The van der Waals surface area contributed by atoms with Gasteiger partial charge in [0.2, 0.25) is 0 Å². The van der Waals surface area contributed by atoms with Crippen molar-refractivity contribution in [2.45, 2.75) is 19.4 Å². The fraction of sp³-hybridized carbons (Fsp3) is 0.500. The van der Waals surface area contributed by atoms with Gasteiger partial charge in [0.15, 0.2) is 5.96 Å². The Hall–Kier alpha value is -1.85. The van der Waals surface area contributed by atoms with Crippen molar-refractivity contribution in [3.8, 4) is 11.4 Å². The fourth-order valence-electron chi connectivity index (χ4n) is 3.31. The van der Waals surface area contributed by atoms with Gasteiger partial charge in [-0.05, 0) is 43.2 Å². The summed E-state index contributed by atoms with van der Waals surface area (Å²) in [5.41, 5.74) is 1.86. The number of aromatic nitrogens is 2. The standard InChI is InChI=1S/C20H29N5O3.HI/c1-21-19(23-14-20(8-11-26)9-12-28-15-20)22-13-16-7-10-25(24-16)17-3-5-18(27-2)6-4-17;/h3-7,10,26H,8-9,11-15H2,1-2H3,(H2,21,22,23);1H. The Labute approximate surface area is 188 Å². The van der Waals surface area contributed by atoms with Gasteiger partial charge in [0.1, 0.15) is 5.75 Å². The third-order valence-corrected chi connectivity index (χ3v) is 5.10. The lowest BCUT2D eigenvalue weighted by Gasteiger charge is -2.27. The van der Waals surface area contributed by atoms with E-state index in [4.69, 9.17) is 9.47 Å². The predicted octanol–water partition coefficient (Wildman–Crippen LogP) is 1.95. The molecule has 1 fully saturated rings. The molecule has 29 heavy (non-hydrogen) atoms. The molecule has 8 nitrogen and oxygen atoms in total. The molecule has 3 rings (SSSR count). The zero-order valence-electron chi connectivity index (χ0n) is 16.9. The summed E-state index contributed by atoms with van der Waals surface area (Å²) < 4.78 is 12.6. The molecular weight excluding hydrogens is 485 g/mol. The van der Waals surface area contributed by atoms with Gasteiger partial charge in [0.25, 0.3) is 0 Å². The highest BCUT2D eigenvalue weighted by atomic mass is 127. The van der Waals surface area contributed by atoms with E-state index in [1.165, 1.54) is 0 Å². The minimum Gasteiger partial charge on any atom is -0.497 e. The molecule has 0 spiro atoms. The first-order valence-corrected chi connectivity index (χ1v) is 9.50. The van der Waals surface area contributed by atoms with E-state index in [0.717, 1.165) is 36.6 Å². The van der Waals surface area contributed by atoms with E-state index in [-0.39, 0.29) is 36.0 Å². The summed E-state index contributed by atoms with van der Waals surface area (Å²) in [6, 6.07) is 9.73. The number of hydrogen-bond donors (Lipinski definition) is 3. The second kappa shape index (κ2) is 11.4. The van der Waals surface area contributed by atoms with Gasteiger partial charge in [-0.2, -0.15) is 5.10 Å². The van der Waals surface area contributed by atoms with Crippen molar-refractivity contribution >= 4 is 29.9 Å². The lowest BCUT2D eigenvalue weighted by Crippen LogP contribution is -2.44. The monoisotopic (exact) mass is 515 g/mol. The molecule has 2 heterocycles. The molecule has 0 aliphatic carbocycles. The van der Waals surface area contributed by atoms with Crippen molar-refractivity contribution in [2.24, 2.45) is 10.4 Å². The Morgan fingerprint density at radius 1 is 1.31 bits per heavy atom. The third kappa shape index (κ3) is 6.31. The van der Waals surface area contributed by atoms with Crippen molar-refractivity contribution in [1.29, 1.82) is 0 Å². The molecule has 2 aromatic rings. The number of aliphatic hydroxyl groups is 1. The Balaban J connectivity index is 0.00000300. The van der Waals surface area contributed by atoms with Gasteiger partial charge in [0, 0.05) is 38.4 Å². The minimum absolute atomic E-state index is 0. The molecular formula is C20H30IN5O3. The van der Waals surface area contributed by atoms with Gasteiger partial charge < -0.3 is 25.2 Å². The van der Waals surface area contributed by atoms with Gasteiger partial charge in [-0.15, -0.1) is 24.0 Å². The number of nitrogens with one attached hydrogen (secondary N) is 2. The Morgan fingerprint density at radius 2 is 2.10 bits per heavy atom. The zero-order chi connectivity index (χ0) is 19.8. The lowest BCUT2D eigenvalue weighted by atomic mass is 9.84. The van der Waals surface area contributed by atoms with Crippen LogP contribution in [0, 0.1) is 5.41 Å². The molecule has 3 N–H and O–H groups in total. The van der Waals surface area contributed by atoms with Crippen LogP contribution in [0.3, 0.4) is 0 Å². The highest BCUT2D eigenvalue weighted by Crippen LogP contribution is 2.31. The lowest BCUT2D eigenvalue weighted by molar-refractivity contribution is 0.127. The van der Waals surface area contributed by atoms with Crippen LogP contribution in [-0.4, -0.2) is 61.4 Å². The zero-order valence-corrected chi connectivity index (χ0v) is 19.3. The predicted molar refractivity (Wildman–Crippen MR) is 123 cm³/mol. The van der Waals surface area contributed by atoms with Crippen LogP contribution in [0.4, 0.5) is 0 Å². The number of rotatable bonds is 8. The largest absolute Gasteiger partial charge is 0.497 e. The number of hydrogen-bond acceptors (Lipinski definition) is 5. The van der Waals surface area contributed by atoms with Crippen LogP contribution in [0.25, 0.3) is 5.69 Å². The van der Waals surface area contributed by atoms with Crippen molar-refractivity contribution in [3.63, 3.8) is 0 Å². The molecule has 1 aromatic heterocycles. The summed E-state index contributed by atoms with van der Waals surface area (Å²) in [4.78, 5) is 4.28. The first-order chi connectivity index (χ1) is 13.7. The number of aliphatic imine (C=N–C) groups is 1. The Bertz CT molecular complexity index is 773. The SMILES string of the molecule is CN=C(NCc1ccn(-c2ccc(OC)cc2)n1)NCC1(CCO)CCOC1.I. The maximum atomic E-state index is 9.35. The van der Waals surface area contributed by atoms with Gasteiger partial charge in [-0.3, -0.25) is 4.99 Å². The number of halogens is 1. The molecule has 1 saturated heterocycles. The molecule has 1 aliphatic heterocycles. The molecule has 1 atom stereocenters. The maximum Gasteiger partial charge on any atom is 0.191 e. The molecule has 0 saturated carbocycles. The van der Waals surface area contributed by atoms with Crippen LogP contribution >= 0.6 is 24.0 Å². The van der Waals surface area contributed by atoms with Crippen molar-refractivity contribution in [2.75, 3.05) is 40.5 Å². The number of methoxy groups -OCH3 is 1. The molecule has 1 aliphatic rings. The third-order valence-electron chi connectivity index (χ3n) is 5.10. The first kappa shape index (κ1) is 23.4. The first-order valence-electron chi connectivity index (χ1n) is 9.50. The van der Waals surface area contributed by atoms with E-state index in [9.17, 15) is 5.11 Å². The molecule has 0 bridgehead atoms. The van der Waals surface area contributed by atoms with Crippen LogP contribution < -0.4 is 15.4 Å².